The van der Waals surface area contributed by atoms with Gasteiger partial charge in [0.15, 0.2) is 9.84 Å². The molecule has 0 spiro atoms. The number of carbonyl (C=O) groups excluding carboxylic acids is 1. The Bertz CT molecular complexity index is 607. The molecule has 20 heavy (non-hydrogen) atoms. The molecule has 0 bridgehead atoms. The molecule has 0 unspecified atom stereocenters. The summed E-state index contributed by atoms with van der Waals surface area (Å²) in [6, 6.07) is -0.270. The van der Waals surface area contributed by atoms with Crippen LogP contribution in [0.5, 0.6) is 0 Å². The molecule has 1 saturated heterocycles. The van der Waals surface area contributed by atoms with Crippen molar-refractivity contribution in [1.29, 1.82) is 0 Å². The van der Waals surface area contributed by atoms with Crippen molar-refractivity contribution in [1.82, 2.24) is 14.7 Å². The lowest BCUT2D eigenvalue weighted by Gasteiger charge is -2.26. The standard InChI is InChI=1S/C12H20N4O3S/c1-4-10-9(2)11(15(3)14-10)13-12(17)16-5-7-20(18,19)8-6-16/h4-8H2,1-3H3,(H,13,17). The van der Waals surface area contributed by atoms with Crippen molar-refractivity contribution < 1.29 is 13.2 Å². The average Bonchev–Trinajstić information content (AvgIpc) is 2.66. The van der Waals surface area contributed by atoms with Crippen molar-refractivity contribution in [3.63, 3.8) is 0 Å². The van der Waals surface area contributed by atoms with Crippen LogP contribution in [-0.4, -0.2) is 53.7 Å². The van der Waals surface area contributed by atoms with Crippen LogP contribution in [0.15, 0.2) is 0 Å². The van der Waals surface area contributed by atoms with Gasteiger partial charge in [0.1, 0.15) is 5.82 Å². The molecular weight excluding hydrogens is 280 g/mol. The van der Waals surface area contributed by atoms with Crippen LogP contribution in [-0.2, 0) is 23.3 Å². The number of anilines is 1. The Kier molecular flexibility index (Phi) is 4.03. The van der Waals surface area contributed by atoms with E-state index in [1.165, 1.54) is 4.90 Å². The van der Waals surface area contributed by atoms with Crippen molar-refractivity contribution in [2.45, 2.75) is 20.3 Å². The van der Waals surface area contributed by atoms with E-state index in [-0.39, 0.29) is 30.6 Å². The number of aromatic nitrogens is 2. The third-order valence-electron chi connectivity index (χ3n) is 3.57. The van der Waals surface area contributed by atoms with Gasteiger partial charge in [-0.3, -0.25) is 10.00 Å². The maximum Gasteiger partial charge on any atom is 0.323 e. The topological polar surface area (TPSA) is 84.3 Å². The molecule has 0 atom stereocenters. The van der Waals surface area contributed by atoms with Crippen LogP contribution in [0.4, 0.5) is 10.6 Å². The average molecular weight is 300 g/mol. The zero-order valence-corrected chi connectivity index (χ0v) is 12.8. The van der Waals surface area contributed by atoms with Crippen molar-refractivity contribution in [3.05, 3.63) is 11.3 Å². The summed E-state index contributed by atoms with van der Waals surface area (Å²) >= 11 is 0. The lowest BCUT2D eigenvalue weighted by Crippen LogP contribution is -2.45. The van der Waals surface area contributed by atoms with Crippen LogP contribution >= 0.6 is 0 Å². The number of nitrogens with zero attached hydrogens (tertiary/aromatic N) is 3. The molecule has 1 aromatic rings. The minimum absolute atomic E-state index is 0.0327. The van der Waals surface area contributed by atoms with Crippen LogP contribution < -0.4 is 5.32 Å². The zero-order valence-electron chi connectivity index (χ0n) is 12.0. The molecule has 8 heteroatoms. The smallest absolute Gasteiger partial charge is 0.322 e. The predicted molar refractivity (Wildman–Crippen MR) is 76.6 cm³/mol. The van der Waals surface area contributed by atoms with Gasteiger partial charge in [-0.05, 0) is 13.3 Å². The molecule has 1 aromatic heterocycles. The molecule has 1 N–H and O–H groups in total. The van der Waals surface area contributed by atoms with E-state index in [4.69, 9.17) is 0 Å². The van der Waals surface area contributed by atoms with E-state index < -0.39 is 9.84 Å². The Balaban J connectivity index is 2.07. The third-order valence-corrected chi connectivity index (χ3v) is 5.18. The summed E-state index contributed by atoms with van der Waals surface area (Å²) in [6.07, 6.45) is 0.803. The molecule has 1 fully saturated rings. The van der Waals surface area contributed by atoms with Gasteiger partial charge in [0.2, 0.25) is 0 Å². The number of nitrogens with one attached hydrogen (secondary N) is 1. The van der Waals surface area contributed by atoms with Gasteiger partial charge in [0, 0.05) is 25.7 Å². The molecule has 2 heterocycles. The van der Waals surface area contributed by atoms with Gasteiger partial charge in [-0.25, -0.2) is 13.2 Å². The van der Waals surface area contributed by atoms with E-state index in [1.54, 1.807) is 11.7 Å². The van der Waals surface area contributed by atoms with E-state index in [2.05, 4.69) is 10.4 Å². The number of amides is 2. The molecule has 0 saturated carbocycles. The zero-order chi connectivity index (χ0) is 14.9. The molecule has 0 aromatic carbocycles. The summed E-state index contributed by atoms with van der Waals surface area (Å²) in [4.78, 5) is 13.7. The Labute approximate surface area is 118 Å². The molecule has 7 nitrogen and oxygen atoms in total. The number of rotatable bonds is 2. The third kappa shape index (κ3) is 2.95. The highest BCUT2D eigenvalue weighted by Crippen LogP contribution is 2.19. The Morgan fingerprint density at radius 3 is 2.45 bits per heavy atom. The van der Waals surface area contributed by atoms with E-state index in [9.17, 15) is 13.2 Å². The quantitative estimate of drug-likeness (QED) is 0.864. The molecule has 0 radical (unpaired) electrons. The summed E-state index contributed by atoms with van der Waals surface area (Å²) in [7, 11) is -1.20. The fraction of sp³-hybridized carbons (Fsp3) is 0.667. The van der Waals surface area contributed by atoms with Crippen molar-refractivity contribution in [3.8, 4) is 0 Å². The first-order valence-electron chi connectivity index (χ1n) is 6.63. The van der Waals surface area contributed by atoms with E-state index in [0.29, 0.717) is 5.82 Å². The molecule has 2 rings (SSSR count). The number of hydrogen-bond acceptors (Lipinski definition) is 4. The summed E-state index contributed by atoms with van der Waals surface area (Å²) in [5.41, 5.74) is 1.90. The molecule has 0 aliphatic carbocycles. The van der Waals surface area contributed by atoms with Crippen molar-refractivity contribution in [2.24, 2.45) is 7.05 Å². The van der Waals surface area contributed by atoms with E-state index >= 15 is 0 Å². The maximum absolute atomic E-state index is 12.2. The van der Waals surface area contributed by atoms with Crippen LogP contribution in [0.1, 0.15) is 18.2 Å². The highest BCUT2D eigenvalue weighted by Gasteiger charge is 2.26. The largest absolute Gasteiger partial charge is 0.323 e. The van der Waals surface area contributed by atoms with Crippen LogP contribution in [0.3, 0.4) is 0 Å². The molecular formula is C12H20N4O3S. The number of aryl methyl sites for hydroxylation is 2. The molecule has 1 aliphatic heterocycles. The SMILES string of the molecule is CCc1nn(C)c(NC(=O)N2CCS(=O)(=O)CC2)c1C. The van der Waals surface area contributed by atoms with Gasteiger partial charge in [0.05, 0.1) is 17.2 Å². The van der Waals surface area contributed by atoms with Gasteiger partial charge >= 0.3 is 6.03 Å². The second-order valence-electron chi connectivity index (χ2n) is 4.97. The highest BCUT2D eigenvalue weighted by molar-refractivity contribution is 7.91. The van der Waals surface area contributed by atoms with Gasteiger partial charge in [-0.1, -0.05) is 6.92 Å². The number of carbonyl (C=O) groups is 1. The van der Waals surface area contributed by atoms with Gasteiger partial charge < -0.3 is 4.90 Å². The first-order valence-corrected chi connectivity index (χ1v) is 8.45. The Hall–Kier alpha value is -1.57. The van der Waals surface area contributed by atoms with E-state index in [0.717, 1.165) is 17.7 Å². The number of urea groups is 1. The minimum Gasteiger partial charge on any atom is -0.322 e. The number of sulfone groups is 1. The van der Waals surface area contributed by atoms with Gasteiger partial charge in [-0.2, -0.15) is 5.10 Å². The van der Waals surface area contributed by atoms with Crippen molar-refractivity contribution >= 4 is 21.7 Å². The second-order valence-corrected chi connectivity index (χ2v) is 7.27. The summed E-state index contributed by atoms with van der Waals surface area (Å²) in [5, 5.41) is 7.16. The fourth-order valence-electron chi connectivity index (χ4n) is 2.29. The Morgan fingerprint density at radius 2 is 1.95 bits per heavy atom. The Morgan fingerprint density at radius 1 is 1.35 bits per heavy atom. The summed E-state index contributed by atoms with van der Waals surface area (Å²) < 4.78 is 24.4. The highest BCUT2D eigenvalue weighted by atomic mass is 32.2. The van der Waals surface area contributed by atoms with E-state index in [1.807, 2.05) is 13.8 Å². The summed E-state index contributed by atoms with van der Waals surface area (Å²) in [5.74, 6) is 0.732. The van der Waals surface area contributed by atoms with Crippen LogP contribution in [0.25, 0.3) is 0 Å². The van der Waals surface area contributed by atoms with Crippen LogP contribution in [0, 0.1) is 6.92 Å². The predicted octanol–water partition coefficient (Wildman–Crippen LogP) is 0.553. The molecule has 2 amide bonds. The first-order chi connectivity index (χ1) is 9.34. The monoisotopic (exact) mass is 300 g/mol. The fourth-order valence-corrected chi connectivity index (χ4v) is 3.49. The minimum atomic E-state index is -2.98. The molecule has 1 aliphatic rings. The van der Waals surface area contributed by atoms with Crippen molar-refractivity contribution in [2.75, 3.05) is 29.9 Å². The lowest BCUT2D eigenvalue weighted by atomic mass is 10.2. The molecule has 112 valence electrons. The normalized spacial score (nSPS) is 18.1. The lowest BCUT2D eigenvalue weighted by molar-refractivity contribution is 0.216. The number of hydrogen-bond donors (Lipinski definition) is 1. The van der Waals surface area contributed by atoms with Gasteiger partial charge in [-0.15, -0.1) is 0 Å². The van der Waals surface area contributed by atoms with Crippen LogP contribution in [0.2, 0.25) is 0 Å². The van der Waals surface area contributed by atoms with Gasteiger partial charge in [0.25, 0.3) is 0 Å². The maximum atomic E-state index is 12.2. The first kappa shape index (κ1) is 14.8. The summed E-state index contributed by atoms with van der Waals surface area (Å²) in [6.45, 7) is 4.41. The second kappa shape index (κ2) is 5.43.